The normalized spacial score (nSPS) is 20.6. The Balaban J connectivity index is 2.15. The van der Waals surface area contributed by atoms with E-state index < -0.39 is 0 Å². The molecule has 0 amide bonds. The minimum Gasteiger partial charge on any atom is -0.374 e. The number of nitrogens with zero attached hydrogens (tertiary/aromatic N) is 1. The van der Waals surface area contributed by atoms with Crippen LogP contribution in [0.1, 0.15) is 46.0 Å². The van der Waals surface area contributed by atoms with Crippen LogP contribution in [0, 0.1) is 0 Å². The molecular formula is C10H20N2. The Hall–Kier alpha value is -0.530. The second kappa shape index (κ2) is 5.18. The van der Waals surface area contributed by atoms with Gasteiger partial charge in [0, 0.05) is 6.04 Å². The maximum absolute atomic E-state index is 4.49. The summed E-state index contributed by atoms with van der Waals surface area (Å²) >= 11 is 0. The summed E-state index contributed by atoms with van der Waals surface area (Å²) in [6, 6.07) is 1.11. The molecule has 1 saturated carbocycles. The Labute approximate surface area is 75.5 Å². The van der Waals surface area contributed by atoms with E-state index in [-0.39, 0.29) is 0 Å². The first-order chi connectivity index (χ1) is 5.79. The van der Waals surface area contributed by atoms with Crippen molar-refractivity contribution in [3.8, 4) is 0 Å². The maximum Gasteiger partial charge on any atom is 0.0829 e. The van der Waals surface area contributed by atoms with Crippen LogP contribution in [-0.2, 0) is 0 Å². The Morgan fingerprint density at radius 3 is 2.50 bits per heavy atom. The number of aliphatic imine (C=N–C) groups is 1. The van der Waals surface area contributed by atoms with Gasteiger partial charge in [-0.15, -0.1) is 0 Å². The fraction of sp³-hybridized carbons (Fsp3) is 0.900. The molecule has 2 nitrogen and oxygen atoms in total. The molecular weight excluding hydrogens is 148 g/mol. The Bertz CT molecular complexity index is 135. The van der Waals surface area contributed by atoms with E-state index in [2.05, 4.69) is 24.2 Å². The van der Waals surface area contributed by atoms with Crippen molar-refractivity contribution in [2.75, 3.05) is 0 Å². The number of rotatable bonds is 3. The molecule has 0 saturated heterocycles. The molecule has 0 aliphatic heterocycles. The molecule has 12 heavy (non-hydrogen) atoms. The fourth-order valence-corrected chi connectivity index (χ4v) is 1.53. The van der Waals surface area contributed by atoms with Crippen LogP contribution in [0.4, 0.5) is 0 Å². The van der Waals surface area contributed by atoms with Crippen molar-refractivity contribution in [3.63, 3.8) is 0 Å². The summed E-state index contributed by atoms with van der Waals surface area (Å²) in [6.45, 7) is 4.26. The Kier molecular flexibility index (Phi) is 4.12. The van der Waals surface area contributed by atoms with Gasteiger partial charge >= 0.3 is 0 Å². The molecule has 0 atom stereocenters. The van der Waals surface area contributed by atoms with Gasteiger partial charge in [0.1, 0.15) is 0 Å². The van der Waals surface area contributed by atoms with Gasteiger partial charge in [-0.2, -0.15) is 0 Å². The van der Waals surface area contributed by atoms with Crippen LogP contribution >= 0.6 is 0 Å². The van der Waals surface area contributed by atoms with Crippen LogP contribution in [0.3, 0.4) is 0 Å². The second-order valence-electron chi connectivity index (χ2n) is 3.89. The van der Waals surface area contributed by atoms with E-state index in [9.17, 15) is 0 Å². The quantitative estimate of drug-likeness (QED) is 0.507. The summed E-state index contributed by atoms with van der Waals surface area (Å²) in [6.07, 6.45) is 8.60. The summed E-state index contributed by atoms with van der Waals surface area (Å²) in [4.78, 5) is 4.49. The maximum atomic E-state index is 4.49. The summed E-state index contributed by atoms with van der Waals surface area (Å²) < 4.78 is 0. The molecule has 0 aromatic rings. The molecule has 0 spiro atoms. The third-order valence-corrected chi connectivity index (χ3v) is 2.27. The highest BCUT2D eigenvalue weighted by Crippen LogP contribution is 2.19. The number of hydrogen-bond donors (Lipinski definition) is 1. The van der Waals surface area contributed by atoms with Crippen molar-refractivity contribution in [2.45, 2.75) is 58.0 Å². The van der Waals surface area contributed by atoms with Gasteiger partial charge in [-0.1, -0.05) is 19.3 Å². The smallest absolute Gasteiger partial charge is 0.0829 e. The van der Waals surface area contributed by atoms with Crippen LogP contribution < -0.4 is 5.32 Å². The summed E-state index contributed by atoms with van der Waals surface area (Å²) in [7, 11) is 0. The van der Waals surface area contributed by atoms with Gasteiger partial charge in [-0.25, -0.2) is 0 Å². The predicted octanol–water partition coefficient (Wildman–Crippen LogP) is 2.35. The summed E-state index contributed by atoms with van der Waals surface area (Å²) in [5.74, 6) is 0. The molecule has 0 heterocycles. The largest absolute Gasteiger partial charge is 0.374 e. The van der Waals surface area contributed by atoms with Gasteiger partial charge in [0.25, 0.3) is 0 Å². The molecule has 1 aliphatic carbocycles. The van der Waals surface area contributed by atoms with E-state index in [0.717, 1.165) is 0 Å². The van der Waals surface area contributed by atoms with Crippen molar-refractivity contribution < 1.29 is 0 Å². The van der Waals surface area contributed by atoms with Gasteiger partial charge in [0.05, 0.1) is 12.4 Å². The average molecular weight is 168 g/mol. The lowest BCUT2D eigenvalue weighted by Crippen LogP contribution is -2.22. The first-order valence-corrected chi connectivity index (χ1v) is 5.06. The van der Waals surface area contributed by atoms with Gasteiger partial charge in [0.15, 0.2) is 0 Å². The van der Waals surface area contributed by atoms with E-state index >= 15 is 0 Å². The summed E-state index contributed by atoms with van der Waals surface area (Å²) in [5.41, 5.74) is 0. The molecule has 0 aromatic heterocycles. The average Bonchev–Trinajstić information content (AvgIpc) is 2.05. The zero-order chi connectivity index (χ0) is 8.81. The van der Waals surface area contributed by atoms with E-state index in [1.165, 1.54) is 32.1 Å². The van der Waals surface area contributed by atoms with Crippen LogP contribution in [0.15, 0.2) is 4.99 Å². The first-order valence-electron chi connectivity index (χ1n) is 5.06. The lowest BCUT2D eigenvalue weighted by Gasteiger charge is -2.17. The first kappa shape index (κ1) is 9.56. The molecule has 0 aromatic carbocycles. The lowest BCUT2D eigenvalue weighted by molar-refractivity contribution is 0.443. The number of nitrogens with one attached hydrogen (secondary N) is 1. The van der Waals surface area contributed by atoms with E-state index in [1.54, 1.807) is 0 Å². The van der Waals surface area contributed by atoms with Crippen molar-refractivity contribution >= 4 is 6.34 Å². The van der Waals surface area contributed by atoms with Crippen molar-refractivity contribution in [2.24, 2.45) is 4.99 Å². The molecule has 0 bridgehead atoms. The molecule has 1 fully saturated rings. The highest BCUT2D eigenvalue weighted by molar-refractivity contribution is 5.54. The zero-order valence-corrected chi connectivity index (χ0v) is 8.21. The van der Waals surface area contributed by atoms with Crippen molar-refractivity contribution in [1.82, 2.24) is 5.32 Å². The SMILES string of the molecule is CC(C)NC=NC1CCCCC1. The van der Waals surface area contributed by atoms with Crippen molar-refractivity contribution in [1.29, 1.82) is 0 Å². The molecule has 2 heteroatoms. The van der Waals surface area contributed by atoms with Gasteiger partial charge < -0.3 is 5.32 Å². The van der Waals surface area contributed by atoms with Gasteiger partial charge in [0.2, 0.25) is 0 Å². The molecule has 0 unspecified atom stereocenters. The highest BCUT2D eigenvalue weighted by atomic mass is 15.0. The van der Waals surface area contributed by atoms with Crippen molar-refractivity contribution in [3.05, 3.63) is 0 Å². The minimum atomic E-state index is 0.511. The molecule has 1 N–H and O–H groups in total. The van der Waals surface area contributed by atoms with Crippen LogP contribution in [-0.4, -0.2) is 18.4 Å². The fourth-order valence-electron chi connectivity index (χ4n) is 1.53. The Morgan fingerprint density at radius 1 is 1.25 bits per heavy atom. The van der Waals surface area contributed by atoms with E-state index in [4.69, 9.17) is 0 Å². The van der Waals surface area contributed by atoms with Gasteiger partial charge in [-0.05, 0) is 26.7 Å². The van der Waals surface area contributed by atoms with Gasteiger partial charge in [-0.3, -0.25) is 4.99 Å². The van der Waals surface area contributed by atoms with Crippen LogP contribution in [0.2, 0.25) is 0 Å². The lowest BCUT2D eigenvalue weighted by atomic mass is 9.96. The molecule has 0 radical (unpaired) electrons. The van der Waals surface area contributed by atoms with Crippen LogP contribution in [0.25, 0.3) is 0 Å². The highest BCUT2D eigenvalue weighted by Gasteiger charge is 2.10. The standard InChI is InChI=1S/C10H20N2/c1-9(2)11-8-12-10-6-4-3-5-7-10/h8-10H,3-7H2,1-2H3,(H,11,12). The molecule has 70 valence electrons. The third-order valence-electron chi connectivity index (χ3n) is 2.27. The van der Waals surface area contributed by atoms with Crippen LogP contribution in [0.5, 0.6) is 0 Å². The Morgan fingerprint density at radius 2 is 1.92 bits per heavy atom. The topological polar surface area (TPSA) is 24.4 Å². The predicted molar refractivity (Wildman–Crippen MR) is 53.6 cm³/mol. The van der Waals surface area contributed by atoms with E-state index in [1.807, 2.05) is 6.34 Å². The molecule has 1 aliphatic rings. The minimum absolute atomic E-state index is 0.511. The number of hydrogen-bond acceptors (Lipinski definition) is 1. The molecule has 1 rings (SSSR count). The monoisotopic (exact) mass is 168 g/mol. The third kappa shape index (κ3) is 3.74. The van der Waals surface area contributed by atoms with E-state index in [0.29, 0.717) is 12.1 Å². The summed E-state index contributed by atoms with van der Waals surface area (Å²) in [5, 5.41) is 3.20. The zero-order valence-electron chi connectivity index (χ0n) is 8.21. The second-order valence-corrected chi connectivity index (χ2v) is 3.89.